The summed E-state index contributed by atoms with van der Waals surface area (Å²) >= 11 is 0. The topological polar surface area (TPSA) is 156 Å². The molecule has 2 aliphatic carbocycles. The van der Waals surface area contributed by atoms with Gasteiger partial charge in [-0.25, -0.2) is 4.79 Å². The minimum Gasteiger partial charge on any atom is -0.618 e. The Morgan fingerprint density at radius 3 is 2.64 bits per heavy atom. The van der Waals surface area contributed by atoms with E-state index in [1.165, 1.54) is 0 Å². The molecule has 0 radical (unpaired) electrons. The van der Waals surface area contributed by atoms with E-state index in [1.807, 2.05) is 107 Å². The summed E-state index contributed by atoms with van der Waals surface area (Å²) in [6.07, 6.45) is 16.4. The van der Waals surface area contributed by atoms with E-state index in [0.717, 1.165) is 58.2 Å². The number of amides is 2. The number of unbranched alkanes of at least 4 members (excludes halogenated alkanes) is 1. The molecule has 2 amide bonds. The lowest BCUT2D eigenvalue weighted by atomic mass is 9.48. The maximum absolute atomic E-state index is 14.5. The van der Waals surface area contributed by atoms with Gasteiger partial charge < -0.3 is 34.2 Å². The Hall–Kier alpha value is -5.53. The van der Waals surface area contributed by atoms with Gasteiger partial charge in [-0.05, 0) is 135 Å². The second-order valence-corrected chi connectivity index (χ2v) is 21.8. The number of piperazine rings is 1. The zero-order valence-corrected chi connectivity index (χ0v) is 39.8. The number of fused-ring (bicyclic) bond motifs is 6. The van der Waals surface area contributed by atoms with Gasteiger partial charge in [0.2, 0.25) is 23.2 Å². The zero-order valence-electron chi connectivity index (χ0n) is 39.8. The zero-order chi connectivity index (χ0) is 47.0. The van der Waals surface area contributed by atoms with Crippen LogP contribution in [0.5, 0.6) is 5.75 Å². The highest BCUT2D eigenvalue weighted by Crippen LogP contribution is 2.75. The number of ether oxygens (including phenoxy) is 2. The molecule has 4 saturated heterocycles. The van der Waals surface area contributed by atoms with Crippen LogP contribution in [0.3, 0.4) is 0 Å². The molecule has 1 saturated carbocycles. The van der Waals surface area contributed by atoms with E-state index in [4.69, 9.17) is 13.9 Å². The molecule has 8 aliphatic rings. The van der Waals surface area contributed by atoms with Gasteiger partial charge in [-0.2, -0.15) is 4.74 Å². The fraction of sp³-hybridized carbons (Fsp3) is 0.528. The molecular weight excluding hydrogens is 835 g/mol. The van der Waals surface area contributed by atoms with Crippen LogP contribution in [-0.4, -0.2) is 93.6 Å². The van der Waals surface area contributed by atoms with E-state index >= 15 is 0 Å². The van der Waals surface area contributed by atoms with Crippen molar-refractivity contribution in [2.45, 2.75) is 140 Å². The average molecular weight is 898 g/mol. The molecule has 4 unspecified atom stereocenters. The number of rotatable bonds is 15. The Labute approximate surface area is 386 Å². The first kappa shape index (κ1) is 44.3. The van der Waals surface area contributed by atoms with E-state index in [-0.39, 0.29) is 35.5 Å². The number of piperidine rings is 1. The quantitative estimate of drug-likeness (QED) is 0.0514. The highest BCUT2D eigenvalue weighted by Gasteiger charge is 2.99. The lowest BCUT2D eigenvalue weighted by Gasteiger charge is -2.66. The van der Waals surface area contributed by atoms with E-state index in [9.17, 15) is 24.4 Å². The standard InChI is InChI=1S/C53H63N5O8/c1-10-49(6,54-40(59)29-33-28-32-16-17-34(56(8)9)30-39(32)65-43(33)60)25-27-64-47(2,3)21-13-11-12-14-22-50(7)24-20-36-38(66-50)19-18-35-37-31-51-44(48(4,5)42(37)58(63)41(35)36)53(55-51)45(61)52(53)23-15-26-57(52)46(51)62/h12,14,16-20,24,28,30-31,44,55H,10-11,13,15,21-23,25-27,29H2,1-9H3,(H,54,59)/b14-12-/t44?,49?,50?,51-,52+,53?/m0/s1. The Balaban J connectivity index is 0.718. The average Bonchev–Trinajstić information content (AvgIpc) is 3.49. The van der Waals surface area contributed by atoms with Crippen LogP contribution in [0.1, 0.15) is 117 Å². The number of hydrogen-bond donors (Lipinski definition) is 2. The van der Waals surface area contributed by atoms with Crippen molar-refractivity contribution in [2.75, 3.05) is 32.1 Å². The molecule has 13 nitrogen and oxygen atoms in total. The van der Waals surface area contributed by atoms with Crippen molar-refractivity contribution in [3.63, 3.8) is 0 Å². The van der Waals surface area contributed by atoms with Gasteiger partial charge in [0.25, 0.3) is 0 Å². The molecule has 13 heteroatoms. The highest BCUT2D eigenvalue weighted by molar-refractivity contribution is 6.34. The fourth-order valence-electron chi connectivity index (χ4n) is 12.7. The molecule has 7 heterocycles. The van der Waals surface area contributed by atoms with Crippen molar-refractivity contribution in [2.24, 2.45) is 11.3 Å². The number of ketones is 1. The molecule has 1 aromatic heterocycles. The Morgan fingerprint density at radius 1 is 1.09 bits per heavy atom. The highest BCUT2D eigenvalue weighted by atomic mass is 16.5. The second-order valence-electron chi connectivity index (χ2n) is 21.8. The molecule has 66 heavy (non-hydrogen) atoms. The van der Waals surface area contributed by atoms with Crippen LogP contribution in [0.25, 0.3) is 22.6 Å². The summed E-state index contributed by atoms with van der Waals surface area (Å²) in [7, 11) is 3.85. The van der Waals surface area contributed by atoms with Crippen molar-refractivity contribution < 1.29 is 33.0 Å². The maximum atomic E-state index is 14.5. The van der Waals surface area contributed by atoms with Crippen LogP contribution < -0.4 is 25.9 Å². The van der Waals surface area contributed by atoms with Crippen molar-refractivity contribution >= 4 is 57.3 Å². The molecule has 2 aromatic carbocycles. The third-order valence-corrected chi connectivity index (χ3v) is 16.2. The SMILES string of the molecule is CCC(C)(CCOC(C)(C)CCC/C=C\CC1(C)C=Cc2c(ccc3c2[N+]([O-])=C2C3=C[C@@]34NC5(C(=O)[C@]56CCCN6C3=O)C4C2(C)C)O1)NC(=O)Cc1cc2ccc(N(C)C)cc2oc1=O. The summed E-state index contributed by atoms with van der Waals surface area (Å²) < 4.78 is 19.6. The number of carbonyl (C=O) groups is 3. The first-order valence-electron chi connectivity index (χ1n) is 23.8. The van der Waals surface area contributed by atoms with Gasteiger partial charge in [-0.1, -0.05) is 19.1 Å². The maximum Gasteiger partial charge on any atom is 0.339 e. The van der Waals surface area contributed by atoms with Gasteiger partial charge in [0.15, 0.2) is 5.78 Å². The number of Topliss-reactive ketones (excluding diaryl/α,β-unsaturated/α-hetero) is 1. The van der Waals surface area contributed by atoms with Crippen molar-refractivity contribution in [1.82, 2.24) is 15.5 Å². The Kier molecular flexibility index (Phi) is 9.89. The largest absolute Gasteiger partial charge is 0.618 e. The van der Waals surface area contributed by atoms with Gasteiger partial charge in [0.05, 0.1) is 34.1 Å². The van der Waals surface area contributed by atoms with Crippen molar-refractivity contribution in [1.29, 1.82) is 0 Å². The molecule has 6 aliphatic heterocycles. The molecule has 2 N–H and O–H groups in total. The predicted molar refractivity (Wildman–Crippen MR) is 255 cm³/mol. The summed E-state index contributed by atoms with van der Waals surface area (Å²) in [6.45, 7) is 15.4. The Morgan fingerprint density at radius 2 is 1.88 bits per heavy atom. The molecule has 3 aromatic rings. The van der Waals surface area contributed by atoms with E-state index in [1.54, 1.807) is 6.07 Å². The van der Waals surface area contributed by atoms with Crippen molar-refractivity contribution in [3.8, 4) is 5.75 Å². The van der Waals surface area contributed by atoms with E-state index < -0.39 is 38.8 Å². The minimum atomic E-state index is -1.00. The van der Waals surface area contributed by atoms with Crippen LogP contribution >= 0.6 is 0 Å². The lowest BCUT2D eigenvalue weighted by Crippen LogP contribution is -2.89. The normalized spacial score (nSPS) is 29.3. The molecule has 348 valence electrons. The summed E-state index contributed by atoms with van der Waals surface area (Å²) in [4.78, 5) is 57.7. The van der Waals surface area contributed by atoms with E-state index in [0.29, 0.717) is 67.1 Å². The number of nitrogens with zero attached hydrogens (tertiary/aromatic N) is 3. The number of hydrogen-bond acceptors (Lipinski definition) is 10. The van der Waals surface area contributed by atoms with Crippen molar-refractivity contribution in [3.05, 3.63) is 93.0 Å². The van der Waals surface area contributed by atoms with E-state index in [2.05, 4.69) is 36.6 Å². The van der Waals surface area contributed by atoms with Gasteiger partial charge in [0, 0.05) is 67.8 Å². The van der Waals surface area contributed by atoms with Crippen LogP contribution in [0, 0.1) is 16.5 Å². The summed E-state index contributed by atoms with van der Waals surface area (Å²) in [6, 6.07) is 11.3. The fourth-order valence-corrected chi connectivity index (χ4v) is 12.7. The molecular formula is C53H63N5O8. The second kappa shape index (κ2) is 14.7. The minimum absolute atomic E-state index is 0.0347. The van der Waals surface area contributed by atoms with Gasteiger partial charge in [-0.3, -0.25) is 19.7 Å². The summed E-state index contributed by atoms with van der Waals surface area (Å²) in [5.41, 5.74) is -0.0746. The number of allylic oxidation sites excluding steroid dienone is 2. The Bertz CT molecular complexity index is 2820. The summed E-state index contributed by atoms with van der Waals surface area (Å²) in [5.74, 6) is 0.163. The first-order valence-corrected chi connectivity index (χ1v) is 23.8. The number of carbonyl (C=O) groups excluding carboxylic acids is 3. The molecule has 5 fully saturated rings. The molecule has 3 spiro atoms. The first-order chi connectivity index (χ1) is 31.2. The number of benzene rings is 2. The third kappa shape index (κ3) is 6.27. The van der Waals surface area contributed by atoms with Gasteiger partial charge >= 0.3 is 5.63 Å². The van der Waals surface area contributed by atoms with Crippen LogP contribution in [0.15, 0.2) is 69.9 Å². The molecule has 6 atom stereocenters. The summed E-state index contributed by atoms with van der Waals surface area (Å²) in [5, 5.41) is 22.0. The van der Waals surface area contributed by atoms with Gasteiger partial charge in [-0.15, -0.1) is 0 Å². The predicted octanol–water partition coefficient (Wildman–Crippen LogP) is 7.53. The monoisotopic (exact) mass is 897 g/mol. The van der Waals surface area contributed by atoms with Crippen LogP contribution in [0.2, 0.25) is 0 Å². The van der Waals surface area contributed by atoms with Crippen LogP contribution in [0.4, 0.5) is 11.4 Å². The number of nitrogens with one attached hydrogen (secondary N) is 2. The molecule has 11 rings (SSSR count). The molecule has 2 bridgehead atoms. The van der Waals surface area contributed by atoms with Gasteiger partial charge in [0.1, 0.15) is 33.6 Å². The number of anilines is 1. The van der Waals surface area contributed by atoms with Crippen LogP contribution in [-0.2, 0) is 25.5 Å². The third-order valence-electron chi connectivity index (χ3n) is 16.2. The lowest BCUT2D eigenvalue weighted by molar-refractivity contribution is -0.363. The smallest absolute Gasteiger partial charge is 0.339 e.